The lowest BCUT2D eigenvalue weighted by atomic mass is 9.85. The fraction of sp³-hybridized carbons (Fsp3) is 0.565. The minimum atomic E-state index is -0.275. The number of piperidine rings is 1. The molecule has 0 bridgehead atoms. The van der Waals surface area contributed by atoms with Crippen molar-refractivity contribution >= 4 is 28.8 Å². The maximum Gasteiger partial charge on any atom is 0.267 e. The van der Waals surface area contributed by atoms with Gasteiger partial charge in [0.1, 0.15) is 0 Å². The number of carbonyl (C=O) groups excluding carboxylic acids is 2. The SMILES string of the molecule is CC(=O)N1C(=O)C(=CNC2CCC(CN3CCCCC3)CC2)c2cc(N)ccc21. The van der Waals surface area contributed by atoms with Crippen molar-refractivity contribution in [2.45, 2.75) is 57.9 Å². The number of nitrogens with one attached hydrogen (secondary N) is 1. The summed E-state index contributed by atoms with van der Waals surface area (Å²) in [5, 5.41) is 3.46. The standard InChI is InChI=1S/C23H32N4O2/c1-16(28)27-22-10-7-18(24)13-20(22)21(23(27)29)14-25-19-8-5-17(6-9-19)15-26-11-3-2-4-12-26/h7,10,13-14,17,19,25H,2-6,8-9,11-12,15,24H2,1H3. The van der Waals surface area contributed by atoms with Crippen LogP contribution >= 0.6 is 0 Å². The molecular formula is C23H32N4O2. The second-order valence-electron chi connectivity index (χ2n) is 8.74. The Balaban J connectivity index is 1.38. The molecule has 3 N–H and O–H groups in total. The number of amides is 2. The lowest BCUT2D eigenvalue weighted by Gasteiger charge is -2.34. The average Bonchev–Trinajstić information content (AvgIpc) is 2.99. The Kier molecular flexibility index (Phi) is 5.90. The van der Waals surface area contributed by atoms with Gasteiger partial charge in [-0.05, 0) is 75.7 Å². The summed E-state index contributed by atoms with van der Waals surface area (Å²) < 4.78 is 0. The summed E-state index contributed by atoms with van der Waals surface area (Å²) in [6, 6.07) is 5.63. The predicted molar refractivity (Wildman–Crippen MR) is 116 cm³/mol. The van der Waals surface area contributed by atoms with Gasteiger partial charge in [-0.1, -0.05) is 6.42 Å². The van der Waals surface area contributed by atoms with Crippen LogP contribution in [0.15, 0.2) is 24.4 Å². The molecule has 0 spiro atoms. The third-order valence-corrected chi connectivity index (χ3v) is 6.58. The Hall–Kier alpha value is -2.34. The largest absolute Gasteiger partial charge is 0.399 e. The molecule has 2 heterocycles. The highest BCUT2D eigenvalue weighted by atomic mass is 16.2. The van der Waals surface area contributed by atoms with Crippen molar-refractivity contribution in [3.63, 3.8) is 0 Å². The van der Waals surface area contributed by atoms with E-state index >= 15 is 0 Å². The fourth-order valence-corrected chi connectivity index (χ4v) is 4.98. The maximum absolute atomic E-state index is 12.8. The van der Waals surface area contributed by atoms with E-state index in [4.69, 9.17) is 5.73 Å². The number of fused-ring (bicyclic) bond motifs is 1. The highest BCUT2D eigenvalue weighted by Gasteiger charge is 2.35. The molecule has 2 fully saturated rings. The highest BCUT2D eigenvalue weighted by molar-refractivity contribution is 6.39. The van der Waals surface area contributed by atoms with Crippen LogP contribution in [-0.2, 0) is 9.59 Å². The molecule has 4 rings (SSSR count). The van der Waals surface area contributed by atoms with Crippen LogP contribution in [0, 0.1) is 5.92 Å². The van der Waals surface area contributed by atoms with E-state index in [1.807, 2.05) is 0 Å². The third-order valence-electron chi connectivity index (χ3n) is 6.58. The molecule has 1 aromatic carbocycles. The van der Waals surface area contributed by atoms with Crippen LogP contribution in [0.2, 0.25) is 0 Å². The summed E-state index contributed by atoms with van der Waals surface area (Å²) in [6.45, 7) is 5.19. The average molecular weight is 397 g/mol. The monoisotopic (exact) mass is 396 g/mol. The van der Waals surface area contributed by atoms with Gasteiger partial charge in [0.05, 0.1) is 11.3 Å². The zero-order valence-corrected chi connectivity index (χ0v) is 17.3. The van der Waals surface area contributed by atoms with Gasteiger partial charge in [0.15, 0.2) is 0 Å². The second kappa shape index (κ2) is 8.57. The molecular weight excluding hydrogens is 364 g/mol. The van der Waals surface area contributed by atoms with E-state index in [-0.39, 0.29) is 11.8 Å². The number of nitrogen functional groups attached to an aromatic ring is 1. The van der Waals surface area contributed by atoms with Crippen LogP contribution in [0.3, 0.4) is 0 Å². The lowest BCUT2D eigenvalue weighted by Crippen LogP contribution is -2.38. The zero-order chi connectivity index (χ0) is 20.4. The molecule has 1 saturated carbocycles. The van der Waals surface area contributed by atoms with Crippen molar-refractivity contribution in [2.75, 3.05) is 30.3 Å². The van der Waals surface area contributed by atoms with E-state index in [2.05, 4.69) is 10.2 Å². The second-order valence-corrected chi connectivity index (χ2v) is 8.74. The Bertz CT molecular complexity index is 805. The molecule has 2 amide bonds. The Morgan fingerprint density at radius 1 is 1.17 bits per heavy atom. The number of hydrogen-bond acceptors (Lipinski definition) is 5. The van der Waals surface area contributed by atoms with E-state index < -0.39 is 0 Å². The van der Waals surface area contributed by atoms with Gasteiger partial charge in [0.25, 0.3) is 5.91 Å². The van der Waals surface area contributed by atoms with Crippen molar-refractivity contribution < 1.29 is 9.59 Å². The summed E-state index contributed by atoms with van der Waals surface area (Å²) >= 11 is 0. The fourth-order valence-electron chi connectivity index (χ4n) is 4.98. The number of likely N-dealkylation sites (tertiary alicyclic amines) is 1. The highest BCUT2D eigenvalue weighted by Crippen LogP contribution is 2.38. The molecule has 0 aromatic heterocycles. The Morgan fingerprint density at radius 3 is 2.59 bits per heavy atom. The molecule has 1 aliphatic carbocycles. The van der Waals surface area contributed by atoms with Crippen LogP contribution in [0.1, 0.15) is 57.4 Å². The summed E-state index contributed by atoms with van der Waals surface area (Å²) in [4.78, 5) is 28.7. The van der Waals surface area contributed by atoms with E-state index in [0.29, 0.717) is 23.0 Å². The van der Waals surface area contributed by atoms with Gasteiger partial charge < -0.3 is 16.0 Å². The zero-order valence-electron chi connectivity index (χ0n) is 17.3. The molecule has 0 unspecified atom stereocenters. The van der Waals surface area contributed by atoms with Gasteiger partial charge in [-0.25, -0.2) is 4.90 Å². The first kappa shape index (κ1) is 20.0. The first-order chi connectivity index (χ1) is 14.0. The molecule has 3 aliphatic rings. The maximum atomic E-state index is 12.8. The lowest BCUT2D eigenvalue weighted by molar-refractivity contribution is -0.122. The van der Waals surface area contributed by atoms with Gasteiger partial charge in [0, 0.05) is 37.0 Å². The van der Waals surface area contributed by atoms with E-state index in [1.165, 1.54) is 63.6 Å². The van der Waals surface area contributed by atoms with E-state index in [9.17, 15) is 9.59 Å². The number of nitrogens with zero attached hydrogens (tertiary/aromatic N) is 2. The van der Waals surface area contributed by atoms with Crippen molar-refractivity contribution in [3.05, 3.63) is 30.0 Å². The number of rotatable bonds is 4. The molecule has 6 nitrogen and oxygen atoms in total. The Labute approximate surface area is 173 Å². The molecule has 2 aliphatic heterocycles. The molecule has 1 aromatic rings. The molecule has 1 saturated heterocycles. The topological polar surface area (TPSA) is 78.7 Å². The molecule has 0 radical (unpaired) electrons. The van der Waals surface area contributed by atoms with Gasteiger partial charge in [-0.2, -0.15) is 0 Å². The minimum Gasteiger partial charge on any atom is -0.399 e. The summed E-state index contributed by atoms with van der Waals surface area (Å²) in [7, 11) is 0. The minimum absolute atomic E-state index is 0.274. The van der Waals surface area contributed by atoms with Crippen molar-refractivity contribution in [2.24, 2.45) is 5.92 Å². The molecule has 29 heavy (non-hydrogen) atoms. The van der Waals surface area contributed by atoms with Crippen molar-refractivity contribution in [1.82, 2.24) is 10.2 Å². The van der Waals surface area contributed by atoms with Crippen LogP contribution in [0.5, 0.6) is 0 Å². The number of imide groups is 1. The van der Waals surface area contributed by atoms with E-state index in [1.54, 1.807) is 24.4 Å². The summed E-state index contributed by atoms with van der Waals surface area (Å²) in [6.07, 6.45) is 10.6. The Morgan fingerprint density at radius 2 is 1.90 bits per heavy atom. The van der Waals surface area contributed by atoms with Gasteiger partial charge in [0.2, 0.25) is 5.91 Å². The summed E-state index contributed by atoms with van der Waals surface area (Å²) in [5.74, 6) is 0.243. The molecule has 6 heteroatoms. The number of anilines is 2. The number of benzene rings is 1. The number of nitrogens with two attached hydrogens (primary N) is 1. The van der Waals surface area contributed by atoms with Crippen molar-refractivity contribution in [3.8, 4) is 0 Å². The van der Waals surface area contributed by atoms with Gasteiger partial charge in [-0.15, -0.1) is 0 Å². The van der Waals surface area contributed by atoms with Crippen LogP contribution in [0.4, 0.5) is 11.4 Å². The molecule has 156 valence electrons. The third kappa shape index (κ3) is 4.32. The van der Waals surface area contributed by atoms with Crippen molar-refractivity contribution in [1.29, 1.82) is 0 Å². The first-order valence-electron chi connectivity index (χ1n) is 11.0. The number of hydrogen-bond donors (Lipinski definition) is 2. The first-order valence-corrected chi connectivity index (χ1v) is 11.0. The van der Waals surface area contributed by atoms with E-state index in [0.717, 1.165) is 24.3 Å². The molecule has 0 atom stereocenters. The number of carbonyl (C=O) groups is 2. The van der Waals surface area contributed by atoms with Gasteiger partial charge in [-0.3, -0.25) is 9.59 Å². The normalized spacial score (nSPS) is 26.6. The quantitative estimate of drug-likeness (QED) is 0.604. The van der Waals surface area contributed by atoms with Crippen LogP contribution in [-0.4, -0.2) is 42.4 Å². The van der Waals surface area contributed by atoms with Crippen LogP contribution in [0.25, 0.3) is 5.57 Å². The van der Waals surface area contributed by atoms with Crippen LogP contribution < -0.4 is 16.0 Å². The predicted octanol–water partition coefficient (Wildman–Crippen LogP) is 3.14. The summed E-state index contributed by atoms with van der Waals surface area (Å²) in [5.41, 5.74) is 8.39. The van der Waals surface area contributed by atoms with Gasteiger partial charge >= 0.3 is 0 Å². The smallest absolute Gasteiger partial charge is 0.267 e.